The number of rotatable bonds is 9. The lowest BCUT2D eigenvalue weighted by Crippen LogP contribution is -2.21. The molecule has 1 aromatic rings. The molecule has 0 saturated carbocycles. The summed E-state index contributed by atoms with van der Waals surface area (Å²) in [5.74, 6) is 2.05. The van der Waals surface area contributed by atoms with E-state index in [0.29, 0.717) is 12.5 Å². The van der Waals surface area contributed by atoms with E-state index in [9.17, 15) is 0 Å². The van der Waals surface area contributed by atoms with Gasteiger partial charge in [-0.25, -0.2) is 0 Å². The van der Waals surface area contributed by atoms with Gasteiger partial charge in [-0.1, -0.05) is 19.1 Å². The zero-order valence-corrected chi connectivity index (χ0v) is 12.1. The van der Waals surface area contributed by atoms with Crippen LogP contribution in [-0.4, -0.2) is 32.0 Å². The Labute approximate surface area is 115 Å². The summed E-state index contributed by atoms with van der Waals surface area (Å²) in [6.45, 7) is 6.56. The van der Waals surface area contributed by atoms with E-state index in [1.54, 1.807) is 7.11 Å². The SMILES string of the molecule is CCOc1cccc(CNCC(C)CCO)c1OC. The van der Waals surface area contributed by atoms with Gasteiger partial charge in [0.15, 0.2) is 11.5 Å². The van der Waals surface area contributed by atoms with Crippen LogP contribution >= 0.6 is 0 Å². The monoisotopic (exact) mass is 267 g/mol. The van der Waals surface area contributed by atoms with Crippen molar-refractivity contribution in [2.75, 3.05) is 26.9 Å². The first-order chi connectivity index (χ1) is 9.22. The van der Waals surface area contributed by atoms with Gasteiger partial charge in [0.05, 0.1) is 13.7 Å². The quantitative estimate of drug-likeness (QED) is 0.720. The van der Waals surface area contributed by atoms with Gasteiger partial charge in [0, 0.05) is 18.7 Å². The Hall–Kier alpha value is -1.26. The maximum atomic E-state index is 8.87. The zero-order valence-electron chi connectivity index (χ0n) is 12.1. The minimum atomic E-state index is 0.242. The smallest absolute Gasteiger partial charge is 0.165 e. The minimum absolute atomic E-state index is 0.242. The van der Waals surface area contributed by atoms with E-state index in [1.807, 2.05) is 25.1 Å². The highest BCUT2D eigenvalue weighted by molar-refractivity contribution is 5.46. The van der Waals surface area contributed by atoms with Crippen LogP contribution in [0.5, 0.6) is 11.5 Å². The third kappa shape index (κ3) is 5.09. The molecule has 0 aromatic heterocycles. The molecule has 1 rings (SSSR count). The van der Waals surface area contributed by atoms with E-state index < -0.39 is 0 Å². The fourth-order valence-corrected chi connectivity index (χ4v) is 1.98. The fourth-order valence-electron chi connectivity index (χ4n) is 1.98. The number of ether oxygens (including phenoxy) is 2. The number of hydrogen-bond acceptors (Lipinski definition) is 4. The number of benzene rings is 1. The molecule has 0 aliphatic heterocycles. The van der Waals surface area contributed by atoms with Gasteiger partial charge in [0.1, 0.15) is 0 Å². The van der Waals surface area contributed by atoms with Crippen molar-refractivity contribution >= 4 is 0 Å². The molecule has 4 heteroatoms. The molecule has 0 radical (unpaired) electrons. The van der Waals surface area contributed by atoms with E-state index in [1.165, 1.54) is 0 Å². The first kappa shape index (κ1) is 15.8. The van der Waals surface area contributed by atoms with Gasteiger partial charge in [-0.2, -0.15) is 0 Å². The van der Waals surface area contributed by atoms with Crippen LogP contribution in [0, 0.1) is 5.92 Å². The van der Waals surface area contributed by atoms with E-state index in [4.69, 9.17) is 14.6 Å². The normalized spacial score (nSPS) is 12.2. The van der Waals surface area contributed by atoms with Crippen LogP contribution in [0.15, 0.2) is 18.2 Å². The summed E-state index contributed by atoms with van der Waals surface area (Å²) in [6, 6.07) is 5.92. The topological polar surface area (TPSA) is 50.7 Å². The summed E-state index contributed by atoms with van der Waals surface area (Å²) in [5, 5.41) is 12.2. The molecule has 0 amide bonds. The minimum Gasteiger partial charge on any atom is -0.493 e. The Kier molecular flexibility index (Phi) is 7.30. The van der Waals surface area contributed by atoms with Gasteiger partial charge in [-0.15, -0.1) is 0 Å². The molecule has 0 spiro atoms. The predicted octanol–water partition coefficient (Wildman–Crippen LogP) is 2.20. The lowest BCUT2D eigenvalue weighted by atomic mass is 10.1. The zero-order chi connectivity index (χ0) is 14.1. The summed E-state index contributed by atoms with van der Waals surface area (Å²) in [6.07, 6.45) is 0.823. The molecule has 0 heterocycles. The molecule has 0 aliphatic rings. The summed E-state index contributed by atoms with van der Waals surface area (Å²) in [7, 11) is 1.66. The van der Waals surface area contributed by atoms with Crippen LogP contribution in [-0.2, 0) is 6.54 Å². The largest absolute Gasteiger partial charge is 0.493 e. The number of nitrogens with one attached hydrogen (secondary N) is 1. The Balaban J connectivity index is 2.59. The molecule has 1 unspecified atom stereocenters. The Morgan fingerprint density at radius 2 is 2.16 bits per heavy atom. The second-order valence-electron chi connectivity index (χ2n) is 4.63. The number of methoxy groups -OCH3 is 1. The molecular formula is C15H25NO3. The van der Waals surface area contributed by atoms with E-state index in [2.05, 4.69) is 12.2 Å². The summed E-state index contributed by atoms with van der Waals surface area (Å²) in [4.78, 5) is 0. The number of para-hydroxylation sites is 1. The van der Waals surface area contributed by atoms with Crippen molar-refractivity contribution in [3.63, 3.8) is 0 Å². The molecule has 1 aromatic carbocycles. The molecule has 2 N–H and O–H groups in total. The van der Waals surface area contributed by atoms with Crippen molar-refractivity contribution in [2.45, 2.75) is 26.8 Å². The molecular weight excluding hydrogens is 242 g/mol. The van der Waals surface area contributed by atoms with Gasteiger partial charge in [-0.3, -0.25) is 0 Å². The number of hydrogen-bond donors (Lipinski definition) is 2. The van der Waals surface area contributed by atoms with Crippen molar-refractivity contribution in [1.82, 2.24) is 5.32 Å². The predicted molar refractivity (Wildman–Crippen MR) is 76.7 cm³/mol. The Bertz CT molecular complexity index is 368. The van der Waals surface area contributed by atoms with Crippen molar-refractivity contribution in [3.05, 3.63) is 23.8 Å². The standard InChI is InChI=1S/C15H25NO3/c1-4-19-14-7-5-6-13(15(14)18-3)11-16-10-12(2)8-9-17/h5-7,12,16-17H,4,8-11H2,1-3H3. The fraction of sp³-hybridized carbons (Fsp3) is 0.600. The second-order valence-corrected chi connectivity index (χ2v) is 4.63. The van der Waals surface area contributed by atoms with Crippen molar-refractivity contribution in [1.29, 1.82) is 0 Å². The lowest BCUT2D eigenvalue weighted by molar-refractivity contribution is 0.260. The highest BCUT2D eigenvalue weighted by Gasteiger charge is 2.10. The van der Waals surface area contributed by atoms with Crippen LogP contribution < -0.4 is 14.8 Å². The van der Waals surface area contributed by atoms with Gasteiger partial charge >= 0.3 is 0 Å². The van der Waals surface area contributed by atoms with Gasteiger partial charge < -0.3 is 19.9 Å². The Morgan fingerprint density at radius 1 is 1.37 bits per heavy atom. The van der Waals surface area contributed by atoms with Gasteiger partial charge in [0.2, 0.25) is 0 Å². The van der Waals surface area contributed by atoms with Gasteiger partial charge in [-0.05, 0) is 31.9 Å². The van der Waals surface area contributed by atoms with Crippen LogP contribution in [0.3, 0.4) is 0 Å². The lowest BCUT2D eigenvalue weighted by Gasteiger charge is -2.15. The highest BCUT2D eigenvalue weighted by atomic mass is 16.5. The number of aliphatic hydroxyl groups is 1. The maximum absolute atomic E-state index is 8.87. The molecule has 108 valence electrons. The molecule has 4 nitrogen and oxygen atoms in total. The molecule has 1 atom stereocenters. The third-order valence-electron chi connectivity index (χ3n) is 2.99. The maximum Gasteiger partial charge on any atom is 0.165 e. The van der Waals surface area contributed by atoms with E-state index in [0.717, 1.165) is 36.6 Å². The summed E-state index contributed by atoms with van der Waals surface area (Å²) >= 11 is 0. The van der Waals surface area contributed by atoms with Gasteiger partial charge in [0.25, 0.3) is 0 Å². The second kappa shape index (κ2) is 8.77. The molecule has 0 fully saturated rings. The van der Waals surface area contributed by atoms with E-state index >= 15 is 0 Å². The molecule has 0 saturated heterocycles. The summed E-state index contributed by atoms with van der Waals surface area (Å²) in [5.41, 5.74) is 1.09. The first-order valence-electron chi connectivity index (χ1n) is 6.83. The molecule has 0 bridgehead atoms. The van der Waals surface area contributed by atoms with Crippen LogP contribution in [0.1, 0.15) is 25.8 Å². The first-order valence-corrected chi connectivity index (χ1v) is 6.83. The van der Waals surface area contributed by atoms with Crippen molar-refractivity contribution in [3.8, 4) is 11.5 Å². The van der Waals surface area contributed by atoms with Crippen molar-refractivity contribution < 1.29 is 14.6 Å². The molecule has 0 aliphatic carbocycles. The van der Waals surface area contributed by atoms with Crippen LogP contribution in [0.2, 0.25) is 0 Å². The van der Waals surface area contributed by atoms with E-state index in [-0.39, 0.29) is 6.61 Å². The third-order valence-corrected chi connectivity index (χ3v) is 2.99. The number of aliphatic hydroxyl groups excluding tert-OH is 1. The highest BCUT2D eigenvalue weighted by Crippen LogP contribution is 2.30. The van der Waals surface area contributed by atoms with Crippen LogP contribution in [0.25, 0.3) is 0 Å². The molecule has 19 heavy (non-hydrogen) atoms. The average molecular weight is 267 g/mol. The summed E-state index contributed by atoms with van der Waals surface area (Å²) < 4.78 is 11.0. The van der Waals surface area contributed by atoms with Crippen LogP contribution in [0.4, 0.5) is 0 Å². The Morgan fingerprint density at radius 3 is 2.79 bits per heavy atom. The average Bonchev–Trinajstić information content (AvgIpc) is 2.40. The van der Waals surface area contributed by atoms with Crippen molar-refractivity contribution in [2.24, 2.45) is 5.92 Å².